The SMILES string of the molecule is CC(=O)NCc1ccc(C(=O)N2CC(c3ccccc3Cl)c3c([nH]c4ccccc34)C2C)cc1. The zero-order valence-corrected chi connectivity index (χ0v) is 19.9. The summed E-state index contributed by atoms with van der Waals surface area (Å²) in [5.41, 5.74) is 5.92. The van der Waals surface area contributed by atoms with Crippen LogP contribution in [-0.2, 0) is 11.3 Å². The van der Waals surface area contributed by atoms with Crippen molar-refractivity contribution in [2.75, 3.05) is 6.54 Å². The molecule has 3 aromatic carbocycles. The highest BCUT2D eigenvalue weighted by molar-refractivity contribution is 6.31. The van der Waals surface area contributed by atoms with E-state index in [1.54, 1.807) is 0 Å². The van der Waals surface area contributed by atoms with E-state index in [1.165, 1.54) is 17.9 Å². The van der Waals surface area contributed by atoms with Gasteiger partial charge >= 0.3 is 0 Å². The van der Waals surface area contributed by atoms with E-state index in [4.69, 9.17) is 11.6 Å². The number of hydrogen-bond acceptors (Lipinski definition) is 2. The molecule has 6 heteroatoms. The first-order valence-electron chi connectivity index (χ1n) is 11.4. The second-order valence-electron chi connectivity index (χ2n) is 8.81. The quantitative estimate of drug-likeness (QED) is 0.394. The Balaban J connectivity index is 1.54. The van der Waals surface area contributed by atoms with Gasteiger partial charge in [-0.15, -0.1) is 0 Å². The van der Waals surface area contributed by atoms with Gasteiger partial charge in [0.25, 0.3) is 5.91 Å². The molecule has 2 amide bonds. The number of amides is 2. The van der Waals surface area contributed by atoms with Crippen molar-refractivity contribution in [3.8, 4) is 0 Å². The highest BCUT2D eigenvalue weighted by atomic mass is 35.5. The summed E-state index contributed by atoms with van der Waals surface area (Å²) in [6, 6.07) is 23.5. The van der Waals surface area contributed by atoms with E-state index >= 15 is 0 Å². The molecule has 2 N–H and O–H groups in total. The Kier molecular flexibility index (Phi) is 5.88. The third kappa shape index (κ3) is 3.97. The van der Waals surface area contributed by atoms with Crippen LogP contribution in [0.2, 0.25) is 5.02 Å². The Bertz CT molecular complexity index is 1380. The number of H-pyrrole nitrogens is 1. The number of aromatic amines is 1. The van der Waals surface area contributed by atoms with Crippen LogP contribution in [0.15, 0.2) is 72.8 Å². The molecule has 0 spiro atoms. The molecule has 0 saturated carbocycles. The highest BCUT2D eigenvalue weighted by Gasteiger charge is 2.37. The van der Waals surface area contributed by atoms with E-state index in [2.05, 4.69) is 29.4 Å². The number of carbonyl (C=O) groups excluding carboxylic acids is 2. The van der Waals surface area contributed by atoms with Crippen molar-refractivity contribution in [2.45, 2.75) is 32.4 Å². The number of para-hydroxylation sites is 1. The fourth-order valence-corrected chi connectivity index (χ4v) is 5.19. The standard InChI is InChI=1S/C28H26ClN3O2/c1-17-27-26(22-8-4-6-10-25(22)31-27)23(21-7-3-5-9-24(21)29)16-32(17)28(34)20-13-11-19(12-14-20)15-30-18(2)33/h3-14,17,23,31H,15-16H2,1-2H3,(H,30,33). The summed E-state index contributed by atoms with van der Waals surface area (Å²) in [5, 5.41) is 4.65. The number of carbonyl (C=O) groups is 2. The third-order valence-corrected chi connectivity index (χ3v) is 7.02. The molecule has 0 fully saturated rings. The van der Waals surface area contributed by atoms with Crippen molar-refractivity contribution in [1.82, 2.24) is 15.2 Å². The van der Waals surface area contributed by atoms with Gasteiger partial charge in [0, 0.05) is 53.1 Å². The molecule has 5 rings (SSSR count). The lowest BCUT2D eigenvalue weighted by Crippen LogP contribution is -2.41. The number of rotatable bonds is 4. The molecule has 1 aliphatic heterocycles. The van der Waals surface area contributed by atoms with Crippen LogP contribution in [0, 0.1) is 0 Å². The summed E-state index contributed by atoms with van der Waals surface area (Å²) in [5.74, 6) is -0.152. The van der Waals surface area contributed by atoms with Gasteiger partial charge < -0.3 is 15.2 Å². The summed E-state index contributed by atoms with van der Waals surface area (Å²) in [6.45, 7) is 4.53. The van der Waals surface area contributed by atoms with Crippen LogP contribution < -0.4 is 5.32 Å². The van der Waals surface area contributed by atoms with E-state index in [1.807, 2.05) is 65.6 Å². The average Bonchev–Trinajstić information content (AvgIpc) is 3.24. The predicted octanol–water partition coefficient (Wildman–Crippen LogP) is 5.81. The minimum atomic E-state index is -0.118. The first kappa shape index (κ1) is 22.2. The van der Waals surface area contributed by atoms with Crippen molar-refractivity contribution in [3.05, 3.63) is 106 Å². The van der Waals surface area contributed by atoms with Gasteiger partial charge in [-0.1, -0.05) is 60.1 Å². The van der Waals surface area contributed by atoms with Crippen molar-refractivity contribution >= 4 is 34.3 Å². The molecule has 4 aromatic rings. The summed E-state index contributed by atoms with van der Waals surface area (Å²) in [7, 11) is 0. The minimum Gasteiger partial charge on any atom is -0.356 e. The number of halogens is 1. The molecule has 172 valence electrons. The van der Waals surface area contributed by atoms with Gasteiger partial charge in [-0.3, -0.25) is 9.59 Å². The topological polar surface area (TPSA) is 65.2 Å². The largest absolute Gasteiger partial charge is 0.356 e. The number of benzene rings is 3. The normalized spacial score (nSPS) is 17.4. The lowest BCUT2D eigenvalue weighted by atomic mass is 9.83. The molecule has 0 saturated heterocycles. The lowest BCUT2D eigenvalue weighted by molar-refractivity contribution is -0.119. The van der Waals surface area contributed by atoms with Crippen molar-refractivity contribution < 1.29 is 9.59 Å². The molecule has 34 heavy (non-hydrogen) atoms. The molecule has 2 unspecified atom stereocenters. The van der Waals surface area contributed by atoms with Gasteiger partial charge in [0.1, 0.15) is 0 Å². The summed E-state index contributed by atoms with van der Waals surface area (Å²) >= 11 is 6.65. The summed E-state index contributed by atoms with van der Waals surface area (Å²) in [6.07, 6.45) is 0. The lowest BCUT2D eigenvalue weighted by Gasteiger charge is -2.38. The fourth-order valence-electron chi connectivity index (χ4n) is 4.92. The van der Waals surface area contributed by atoms with Crippen molar-refractivity contribution in [3.63, 3.8) is 0 Å². The van der Waals surface area contributed by atoms with Crippen LogP contribution >= 0.6 is 11.6 Å². The zero-order valence-electron chi connectivity index (χ0n) is 19.1. The van der Waals surface area contributed by atoms with Gasteiger partial charge in [0.15, 0.2) is 0 Å². The minimum absolute atomic E-state index is 0.0278. The number of aromatic nitrogens is 1. The van der Waals surface area contributed by atoms with Gasteiger partial charge in [-0.2, -0.15) is 0 Å². The molecule has 1 aliphatic rings. The highest BCUT2D eigenvalue weighted by Crippen LogP contribution is 2.44. The Hall–Kier alpha value is -3.57. The maximum atomic E-state index is 13.7. The predicted molar refractivity (Wildman–Crippen MR) is 135 cm³/mol. The molecule has 2 atom stereocenters. The van der Waals surface area contributed by atoms with E-state index < -0.39 is 0 Å². The summed E-state index contributed by atoms with van der Waals surface area (Å²) in [4.78, 5) is 30.4. The molecular formula is C28H26ClN3O2. The van der Waals surface area contributed by atoms with Crippen LogP contribution in [-0.4, -0.2) is 28.2 Å². The molecule has 5 nitrogen and oxygen atoms in total. The Labute approximate surface area is 203 Å². The van der Waals surface area contributed by atoms with Crippen molar-refractivity contribution in [2.24, 2.45) is 0 Å². The van der Waals surface area contributed by atoms with Crippen molar-refractivity contribution in [1.29, 1.82) is 0 Å². The van der Waals surface area contributed by atoms with Gasteiger partial charge in [-0.25, -0.2) is 0 Å². The maximum absolute atomic E-state index is 13.7. The van der Waals surface area contributed by atoms with Crippen LogP contribution in [0.5, 0.6) is 0 Å². The van der Waals surface area contributed by atoms with E-state index in [9.17, 15) is 9.59 Å². The number of fused-ring (bicyclic) bond motifs is 3. The Morgan fingerprint density at radius 3 is 2.47 bits per heavy atom. The van der Waals surface area contributed by atoms with Crippen LogP contribution in [0.1, 0.15) is 58.5 Å². The molecular weight excluding hydrogens is 446 g/mol. The fraction of sp³-hybridized carbons (Fsp3) is 0.214. The first-order chi connectivity index (χ1) is 16.4. The van der Waals surface area contributed by atoms with E-state index in [-0.39, 0.29) is 23.8 Å². The molecule has 0 radical (unpaired) electrons. The van der Waals surface area contributed by atoms with Gasteiger partial charge in [-0.05, 0) is 47.9 Å². The number of nitrogens with one attached hydrogen (secondary N) is 2. The van der Waals surface area contributed by atoms with Gasteiger partial charge in [0.05, 0.1) is 6.04 Å². The second-order valence-corrected chi connectivity index (χ2v) is 9.22. The molecule has 0 aliphatic carbocycles. The first-order valence-corrected chi connectivity index (χ1v) is 11.8. The van der Waals surface area contributed by atoms with E-state index in [0.29, 0.717) is 23.7 Å². The number of hydrogen-bond donors (Lipinski definition) is 2. The summed E-state index contributed by atoms with van der Waals surface area (Å²) < 4.78 is 0. The second kappa shape index (κ2) is 8.99. The monoisotopic (exact) mass is 471 g/mol. The zero-order chi connectivity index (χ0) is 23.8. The molecule has 1 aromatic heterocycles. The van der Waals surface area contributed by atoms with Crippen LogP contribution in [0.25, 0.3) is 10.9 Å². The Morgan fingerprint density at radius 2 is 1.74 bits per heavy atom. The number of nitrogens with zero attached hydrogens (tertiary/aromatic N) is 1. The van der Waals surface area contributed by atoms with E-state index in [0.717, 1.165) is 22.3 Å². The van der Waals surface area contributed by atoms with Gasteiger partial charge in [0.2, 0.25) is 5.91 Å². The average molecular weight is 472 g/mol. The smallest absolute Gasteiger partial charge is 0.254 e. The molecule has 2 heterocycles. The Morgan fingerprint density at radius 1 is 1.03 bits per heavy atom. The van der Waals surface area contributed by atoms with Crippen LogP contribution in [0.3, 0.4) is 0 Å². The third-order valence-electron chi connectivity index (χ3n) is 6.67. The molecule has 0 bridgehead atoms. The maximum Gasteiger partial charge on any atom is 0.254 e. The van der Waals surface area contributed by atoms with Crippen LogP contribution in [0.4, 0.5) is 0 Å².